The molecule has 1 amide bonds. The summed E-state index contributed by atoms with van der Waals surface area (Å²) in [6.45, 7) is 0. The van der Waals surface area contributed by atoms with E-state index in [0.717, 1.165) is 9.26 Å². The second-order valence-corrected chi connectivity index (χ2v) is 5.87. The molecule has 0 aliphatic rings. The average Bonchev–Trinajstić information content (AvgIpc) is 2.49. The van der Waals surface area contributed by atoms with Gasteiger partial charge in [-0.1, -0.05) is 0 Å². The topological polar surface area (TPSA) is 84.3 Å². The number of carbonyl (C=O) groups excluding carboxylic acids is 1. The monoisotopic (exact) mass is 427 g/mol. The molecule has 22 heavy (non-hydrogen) atoms. The molecule has 0 unspecified atom stereocenters. The second kappa shape index (κ2) is 7.27. The Balaban J connectivity index is 1.97. The van der Waals surface area contributed by atoms with Gasteiger partial charge in [-0.25, -0.2) is 0 Å². The number of carbonyl (C=O) groups is 1. The number of nitro groups is 1. The maximum Gasteiger partial charge on any atom is 0.269 e. The van der Waals surface area contributed by atoms with Crippen molar-refractivity contribution in [1.29, 1.82) is 0 Å². The molecule has 6 nitrogen and oxygen atoms in total. The van der Waals surface area contributed by atoms with Crippen LogP contribution in [0.25, 0.3) is 0 Å². The molecule has 0 aliphatic heterocycles. The number of non-ortho nitro benzene ring substituents is 1. The molecule has 0 heterocycles. The number of halogens is 1. The van der Waals surface area contributed by atoms with Crippen molar-refractivity contribution < 1.29 is 9.72 Å². The normalized spacial score (nSPS) is 9.86. The molecule has 0 aromatic heterocycles. The maximum atomic E-state index is 12.0. The molecular formula is C14H10IN3O3S. The van der Waals surface area contributed by atoms with E-state index in [0.29, 0.717) is 0 Å². The molecule has 0 spiro atoms. The van der Waals surface area contributed by atoms with Gasteiger partial charge in [0.2, 0.25) is 0 Å². The average molecular weight is 427 g/mol. The van der Waals surface area contributed by atoms with Crippen molar-refractivity contribution in [2.45, 2.75) is 0 Å². The fourth-order valence-corrected chi connectivity index (χ4v) is 2.18. The first-order chi connectivity index (χ1) is 10.5. The lowest BCUT2D eigenvalue weighted by Gasteiger charge is -2.09. The first kappa shape index (κ1) is 16.3. The summed E-state index contributed by atoms with van der Waals surface area (Å²) >= 11 is 7.25. The van der Waals surface area contributed by atoms with E-state index in [1.54, 1.807) is 0 Å². The van der Waals surface area contributed by atoms with Crippen molar-refractivity contribution in [3.63, 3.8) is 0 Å². The van der Waals surface area contributed by atoms with Gasteiger partial charge >= 0.3 is 0 Å². The minimum Gasteiger partial charge on any atom is -0.332 e. The van der Waals surface area contributed by atoms with E-state index in [9.17, 15) is 14.9 Å². The van der Waals surface area contributed by atoms with E-state index < -0.39 is 10.8 Å². The van der Waals surface area contributed by atoms with Gasteiger partial charge in [0, 0.05) is 27.0 Å². The van der Waals surface area contributed by atoms with Crippen LogP contribution in [-0.4, -0.2) is 15.9 Å². The van der Waals surface area contributed by atoms with E-state index in [4.69, 9.17) is 12.2 Å². The zero-order valence-electron chi connectivity index (χ0n) is 11.1. The highest BCUT2D eigenvalue weighted by atomic mass is 127. The highest BCUT2D eigenvalue weighted by Gasteiger charge is 2.10. The highest BCUT2D eigenvalue weighted by Crippen LogP contribution is 2.13. The summed E-state index contributed by atoms with van der Waals surface area (Å²) in [4.78, 5) is 22.0. The lowest BCUT2D eigenvalue weighted by molar-refractivity contribution is -0.384. The van der Waals surface area contributed by atoms with Crippen molar-refractivity contribution >= 4 is 57.2 Å². The Hall–Kier alpha value is -2.07. The maximum absolute atomic E-state index is 12.0. The molecule has 0 aliphatic carbocycles. The quantitative estimate of drug-likeness (QED) is 0.340. The summed E-state index contributed by atoms with van der Waals surface area (Å²) in [5, 5.41) is 16.1. The van der Waals surface area contributed by atoms with E-state index in [1.165, 1.54) is 24.3 Å². The molecule has 0 atom stereocenters. The molecule has 8 heteroatoms. The van der Waals surface area contributed by atoms with Gasteiger partial charge in [0.15, 0.2) is 5.11 Å². The number of nitrogens with zero attached hydrogens (tertiary/aromatic N) is 1. The van der Waals surface area contributed by atoms with Gasteiger partial charge in [0.1, 0.15) is 0 Å². The Morgan fingerprint density at radius 2 is 1.68 bits per heavy atom. The number of hydrogen-bond acceptors (Lipinski definition) is 4. The Morgan fingerprint density at radius 3 is 2.23 bits per heavy atom. The summed E-state index contributed by atoms with van der Waals surface area (Å²) in [5.74, 6) is -0.432. The van der Waals surface area contributed by atoms with E-state index >= 15 is 0 Å². The molecular weight excluding hydrogens is 417 g/mol. The van der Waals surface area contributed by atoms with E-state index in [2.05, 4.69) is 33.2 Å². The van der Waals surface area contributed by atoms with Crippen LogP contribution in [0.4, 0.5) is 11.4 Å². The summed E-state index contributed by atoms with van der Waals surface area (Å²) in [5.41, 5.74) is 0.975. The predicted molar refractivity (Wildman–Crippen MR) is 95.9 cm³/mol. The largest absolute Gasteiger partial charge is 0.332 e. The first-order valence-electron chi connectivity index (χ1n) is 6.08. The smallest absolute Gasteiger partial charge is 0.269 e. The molecule has 2 aromatic carbocycles. The number of rotatable bonds is 3. The lowest BCUT2D eigenvalue weighted by atomic mass is 10.2. The zero-order chi connectivity index (χ0) is 16.1. The molecule has 2 aromatic rings. The van der Waals surface area contributed by atoms with Gasteiger partial charge in [-0.05, 0) is 71.2 Å². The van der Waals surface area contributed by atoms with E-state index in [1.807, 2.05) is 24.3 Å². The van der Waals surface area contributed by atoms with Gasteiger partial charge in [-0.15, -0.1) is 0 Å². The van der Waals surface area contributed by atoms with Crippen LogP contribution in [0.3, 0.4) is 0 Å². The van der Waals surface area contributed by atoms with Gasteiger partial charge in [0.05, 0.1) is 4.92 Å². The van der Waals surface area contributed by atoms with Crippen molar-refractivity contribution in [3.05, 3.63) is 67.8 Å². The van der Waals surface area contributed by atoms with Crippen LogP contribution in [0.2, 0.25) is 0 Å². The number of benzene rings is 2. The minimum absolute atomic E-state index is 0.0730. The number of thiocarbonyl (C=S) groups is 1. The summed E-state index contributed by atoms with van der Waals surface area (Å²) in [7, 11) is 0. The molecule has 0 saturated carbocycles. The summed E-state index contributed by atoms with van der Waals surface area (Å²) in [6.07, 6.45) is 0. The number of nitrogens with one attached hydrogen (secondary N) is 2. The molecule has 0 bridgehead atoms. The summed E-state index contributed by atoms with van der Waals surface area (Å²) < 4.78 is 1.09. The third-order valence-electron chi connectivity index (χ3n) is 2.67. The summed E-state index contributed by atoms with van der Waals surface area (Å²) in [6, 6.07) is 12.8. The van der Waals surface area contributed by atoms with Gasteiger partial charge in [-0.2, -0.15) is 0 Å². The van der Waals surface area contributed by atoms with Crippen molar-refractivity contribution in [2.75, 3.05) is 5.32 Å². The highest BCUT2D eigenvalue weighted by molar-refractivity contribution is 14.1. The van der Waals surface area contributed by atoms with Crippen LogP contribution >= 0.6 is 34.8 Å². The fraction of sp³-hybridized carbons (Fsp3) is 0. The van der Waals surface area contributed by atoms with Gasteiger partial charge in [-0.3, -0.25) is 20.2 Å². The number of nitro benzene ring substituents is 1. The first-order valence-corrected chi connectivity index (χ1v) is 7.57. The minimum atomic E-state index is -0.523. The number of anilines is 1. The van der Waals surface area contributed by atoms with Crippen LogP contribution in [-0.2, 0) is 0 Å². The predicted octanol–water partition coefficient (Wildman–Crippen LogP) is 3.33. The zero-order valence-corrected chi connectivity index (χ0v) is 14.1. The number of amides is 1. The van der Waals surface area contributed by atoms with Crippen LogP contribution in [0.5, 0.6) is 0 Å². The van der Waals surface area contributed by atoms with Crippen LogP contribution in [0.15, 0.2) is 48.5 Å². The molecule has 2 rings (SSSR count). The standard InChI is InChI=1S/C14H10IN3O3S/c15-10-3-5-11(6-4-10)16-14(22)17-13(19)9-1-7-12(8-2-9)18(20)21/h1-8H,(H2,16,17,19,22). The third-order valence-corrected chi connectivity index (χ3v) is 3.59. The second-order valence-electron chi connectivity index (χ2n) is 4.22. The Labute approximate surface area is 145 Å². The SMILES string of the molecule is O=C(NC(=S)Nc1ccc(I)cc1)c1ccc([N+](=O)[O-])cc1. The van der Waals surface area contributed by atoms with Crippen molar-refractivity contribution in [2.24, 2.45) is 0 Å². The Kier molecular flexibility index (Phi) is 5.39. The lowest BCUT2D eigenvalue weighted by Crippen LogP contribution is -2.34. The fourth-order valence-electron chi connectivity index (χ4n) is 1.61. The Morgan fingerprint density at radius 1 is 1.09 bits per heavy atom. The van der Waals surface area contributed by atoms with Crippen LogP contribution in [0.1, 0.15) is 10.4 Å². The third kappa shape index (κ3) is 4.46. The molecule has 112 valence electrons. The van der Waals surface area contributed by atoms with Gasteiger partial charge in [0.25, 0.3) is 11.6 Å². The number of hydrogen-bond donors (Lipinski definition) is 2. The van der Waals surface area contributed by atoms with Crippen molar-refractivity contribution in [3.8, 4) is 0 Å². The van der Waals surface area contributed by atoms with E-state index in [-0.39, 0.29) is 16.4 Å². The van der Waals surface area contributed by atoms with Crippen LogP contribution < -0.4 is 10.6 Å². The molecule has 0 radical (unpaired) electrons. The molecule has 0 saturated heterocycles. The van der Waals surface area contributed by atoms with Crippen LogP contribution in [0, 0.1) is 13.7 Å². The van der Waals surface area contributed by atoms with Crippen molar-refractivity contribution in [1.82, 2.24) is 5.32 Å². The molecule has 0 fully saturated rings. The molecule has 2 N–H and O–H groups in total. The Bertz CT molecular complexity index is 717. The van der Waals surface area contributed by atoms with Gasteiger partial charge < -0.3 is 5.32 Å².